The van der Waals surface area contributed by atoms with Crippen molar-refractivity contribution < 1.29 is 0 Å². The highest BCUT2D eigenvalue weighted by Gasteiger charge is 2.23. The van der Waals surface area contributed by atoms with Gasteiger partial charge in [-0.1, -0.05) is 41.9 Å². The standard InChI is InChI=1S/C26H20ClN7O/c27-21-6-4-19(5-7-21)23-16-30-34-25(24(23)20-10-13-28-14-11-20)31-33(26(34)35)17-18-2-8-22(9-3-18)32-15-1-12-29-32/h1-10,12-16,20H,11,17H2. The van der Waals surface area contributed by atoms with E-state index in [1.54, 1.807) is 23.3 Å². The minimum atomic E-state index is -0.284. The molecular weight excluding hydrogens is 462 g/mol. The van der Waals surface area contributed by atoms with Crippen LogP contribution in [0, 0.1) is 0 Å². The molecule has 172 valence electrons. The fourth-order valence-corrected chi connectivity index (χ4v) is 4.46. The third kappa shape index (κ3) is 3.98. The van der Waals surface area contributed by atoms with Crippen LogP contribution in [-0.2, 0) is 6.54 Å². The van der Waals surface area contributed by atoms with E-state index in [4.69, 9.17) is 16.7 Å². The van der Waals surface area contributed by atoms with E-state index in [-0.39, 0.29) is 11.6 Å². The molecule has 35 heavy (non-hydrogen) atoms. The second-order valence-electron chi connectivity index (χ2n) is 8.29. The van der Waals surface area contributed by atoms with Gasteiger partial charge >= 0.3 is 5.69 Å². The van der Waals surface area contributed by atoms with Crippen molar-refractivity contribution >= 4 is 23.5 Å². The number of nitrogens with zero attached hydrogens (tertiary/aromatic N) is 7. The summed E-state index contributed by atoms with van der Waals surface area (Å²) in [5.41, 5.74) is 4.98. The second kappa shape index (κ2) is 8.81. The van der Waals surface area contributed by atoms with Crippen LogP contribution in [0.2, 0.25) is 5.02 Å². The molecule has 1 unspecified atom stereocenters. The molecule has 3 aromatic heterocycles. The number of hydrogen-bond acceptors (Lipinski definition) is 5. The first-order valence-corrected chi connectivity index (χ1v) is 11.6. The second-order valence-corrected chi connectivity index (χ2v) is 8.72. The molecule has 1 atom stereocenters. The summed E-state index contributed by atoms with van der Waals surface area (Å²) >= 11 is 6.11. The Labute approximate surface area is 205 Å². The van der Waals surface area contributed by atoms with Crippen LogP contribution in [0.25, 0.3) is 22.5 Å². The lowest BCUT2D eigenvalue weighted by Crippen LogP contribution is -2.23. The third-order valence-electron chi connectivity index (χ3n) is 6.08. The van der Waals surface area contributed by atoms with Crippen molar-refractivity contribution in [3.63, 3.8) is 0 Å². The van der Waals surface area contributed by atoms with Gasteiger partial charge in [0.25, 0.3) is 0 Å². The van der Waals surface area contributed by atoms with Crippen molar-refractivity contribution in [2.75, 3.05) is 0 Å². The Morgan fingerprint density at radius 1 is 1.03 bits per heavy atom. The zero-order valence-electron chi connectivity index (χ0n) is 18.6. The average molecular weight is 482 g/mol. The van der Waals surface area contributed by atoms with Gasteiger partial charge < -0.3 is 0 Å². The van der Waals surface area contributed by atoms with Crippen LogP contribution in [0.15, 0.2) is 95.3 Å². The van der Waals surface area contributed by atoms with Crippen molar-refractivity contribution in [2.24, 2.45) is 4.99 Å². The predicted octanol–water partition coefficient (Wildman–Crippen LogP) is 4.52. The molecule has 0 N–H and O–H groups in total. The van der Waals surface area contributed by atoms with Gasteiger partial charge in [-0.25, -0.2) is 14.2 Å². The Morgan fingerprint density at radius 2 is 1.86 bits per heavy atom. The molecular formula is C26H20ClN7O. The molecule has 6 rings (SSSR count). The van der Waals surface area contributed by atoms with Gasteiger partial charge in [-0.3, -0.25) is 4.99 Å². The first kappa shape index (κ1) is 21.2. The SMILES string of the molecule is O=c1n(Cc2ccc(-n3cccn3)cc2)nc2c(C3C=CN=CC3)c(-c3ccc(Cl)cc3)cnn12. The van der Waals surface area contributed by atoms with Crippen molar-refractivity contribution in [2.45, 2.75) is 18.9 Å². The van der Waals surface area contributed by atoms with Crippen LogP contribution < -0.4 is 5.69 Å². The van der Waals surface area contributed by atoms with Crippen molar-refractivity contribution in [3.05, 3.63) is 112 Å². The molecule has 0 radical (unpaired) electrons. The Hall–Kier alpha value is -4.30. The maximum absolute atomic E-state index is 13.2. The van der Waals surface area contributed by atoms with E-state index in [0.29, 0.717) is 23.6 Å². The fraction of sp³-hybridized carbons (Fsp3) is 0.115. The molecule has 8 nitrogen and oxygen atoms in total. The summed E-state index contributed by atoms with van der Waals surface area (Å²) in [4.78, 5) is 17.5. The lowest BCUT2D eigenvalue weighted by atomic mass is 9.90. The molecule has 4 heterocycles. The van der Waals surface area contributed by atoms with E-state index in [1.165, 1.54) is 9.20 Å². The zero-order valence-corrected chi connectivity index (χ0v) is 19.3. The van der Waals surface area contributed by atoms with Gasteiger partial charge in [-0.2, -0.15) is 14.7 Å². The van der Waals surface area contributed by atoms with Crippen molar-refractivity contribution in [1.29, 1.82) is 0 Å². The number of aromatic nitrogens is 6. The van der Waals surface area contributed by atoms with Gasteiger partial charge in [-0.05, 0) is 47.9 Å². The molecule has 0 bridgehead atoms. The summed E-state index contributed by atoms with van der Waals surface area (Å²) in [6.07, 6.45) is 11.8. The lowest BCUT2D eigenvalue weighted by Gasteiger charge is -2.17. The van der Waals surface area contributed by atoms with Gasteiger partial charge in [0.05, 0.1) is 18.4 Å². The lowest BCUT2D eigenvalue weighted by molar-refractivity contribution is 0.650. The van der Waals surface area contributed by atoms with Crippen LogP contribution in [-0.4, -0.2) is 35.4 Å². The maximum atomic E-state index is 13.2. The molecule has 9 heteroatoms. The number of allylic oxidation sites excluding steroid dienone is 1. The summed E-state index contributed by atoms with van der Waals surface area (Å²) in [7, 11) is 0. The quantitative estimate of drug-likeness (QED) is 0.369. The highest BCUT2D eigenvalue weighted by Crippen LogP contribution is 2.34. The fourth-order valence-electron chi connectivity index (χ4n) is 4.34. The van der Waals surface area contributed by atoms with Crippen LogP contribution in [0.1, 0.15) is 23.5 Å². The monoisotopic (exact) mass is 481 g/mol. The van der Waals surface area contributed by atoms with E-state index >= 15 is 0 Å². The molecule has 0 aliphatic carbocycles. The molecule has 0 fully saturated rings. The molecule has 5 aromatic rings. The third-order valence-corrected chi connectivity index (χ3v) is 6.34. The van der Waals surface area contributed by atoms with Gasteiger partial charge in [-0.15, -0.1) is 5.10 Å². The van der Waals surface area contributed by atoms with Crippen LogP contribution >= 0.6 is 11.6 Å². The average Bonchev–Trinajstić information content (AvgIpc) is 3.54. The normalized spacial score (nSPS) is 15.2. The minimum Gasteiger partial charge on any atom is -0.269 e. The van der Waals surface area contributed by atoms with Gasteiger partial charge in [0, 0.05) is 46.9 Å². The summed E-state index contributed by atoms with van der Waals surface area (Å²) in [5.74, 6) is 0.0206. The molecule has 2 aromatic carbocycles. The Kier molecular flexibility index (Phi) is 5.35. The van der Waals surface area contributed by atoms with E-state index in [0.717, 1.165) is 27.9 Å². The molecule has 0 saturated carbocycles. The first-order valence-electron chi connectivity index (χ1n) is 11.2. The Balaban J connectivity index is 1.43. The van der Waals surface area contributed by atoms with E-state index in [9.17, 15) is 4.79 Å². The molecule has 1 aliphatic rings. The highest BCUT2D eigenvalue weighted by atomic mass is 35.5. The largest absolute Gasteiger partial charge is 0.367 e. The van der Waals surface area contributed by atoms with Crippen molar-refractivity contribution in [1.82, 2.24) is 29.2 Å². The number of hydrogen-bond donors (Lipinski definition) is 0. The van der Waals surface area contributed by atoms with Crippen molar-refractivity contribution in [3.8, 4) is 16.8 Å². The number of halogens is 1. The van der Waals surface area contributed by atoms with E-state index < -0.39 is 0 Å². The first-order chi connectivity index (χ1) is 17.2. The minimum absolute atomic E-state index is 0.0206. The Morgan fingerprint density at radius 3 is 2.57 bits per heavy atom. The van der Waals surface area contributed by atoms with Gasteiger partial charge in [0.1, 0.15) is 0 Å². The summed E-state index contributed by atoms with van der Waals surface area (Å²) in [6, 6.07) is 17.4. The predicted molar refractivity (Wildman–Crippen MR) is 135 cm³/mol. The molecule has 1 aliphatic heterocycles. The molecule has 0 saturated heterocycles. The van der Waals surface area contributed by atoms with Crippen LogP contribution in [0.5, 0.6) is 0 Å². The zero-order chi connectivity index (χ0) is 23.8. The summed E-state index contributed by atoms with van der Waals surface area (Å²) < 4.78 is 4.63. The number of rotatable bonds is 5. The maximum Gasteiger partial charge on any atom is 0.367 e. The van der Waals surface area contributed by atoms with Gasteiger partial charge in [0.2, 0.25) is 0 Å². The number of fused-ring (bicyclic) bond motifs is 1. The summed E-state index contributed by atoms with van der Waals surface area (Å²) in [5, 5.41) is 14.1. The van der Waals surface area contributed by atoms with Gasteiger partial charge in [0.15, 0.2) is 5.65 Å². The van der Waals surface area contributed by atoms with E-state index in [1.807, 2.05) is 73.1 Å². The highest BCUT2D eigenvalue weighted by molar-refractivity contribution is 6.30. The summed E-state index contributed by atoms with van der Waals surface area (Å²) in [6.45, 7) is 0.333. The number of benzene rings is 2. The Bertz CT molecular complexity index is 1610. The number of aliphatic imine (C=N–C) groups is 1. The smallest absolute Gasteiger partial charge is 0.269 e. The molecule has 0 spiro atoms. The van der Waals surface area contributed by atoms with E-state index in [2.05, 4.69) is 15.2 Å². The van der Waals surface area contributed by atoms with Crippen LogP contribution in [0.3, 0.4) is 0 Å². The van der Waals surface area contributed by atoms with Crippen LogP contribution in [0.4, 0.5) is 0 Å². The molecule has 0 amide bonds. The topological polar surface area (TPSA) is 82.4 Å².